The Bertz CT molecular complexity index is 446. The summed E-state index contributed by atoms with van der Waals surface area (Å²) in [5.74, 6) is 1.33. The number of likely N-dealkylation sites (tertiary alicyclic amines) is 1. The van der Waals surface area contributed by atoms with Crippen LogP contribution in [0.3, 0.4) is 0 Å². The van der Waals surface area contributed by atoms with E-state index in [0.29, 0.717) is 24.3 Å². The summed E-state index contributed by atoms with van der Waals surface area (Å²) in [5.41, 5.74) is 7.20. The van der Waals surface area contributed by atoms with Crippen LogP contribution in [0.4, 0.5) is 0 Å². The molecule has 2 rings (SSSR count). The lowest BCUT2D eigenvalue weighted by Gasteiger charge is -2.41. The molecule has 4 atom stereocenters. The smallest absolute Gasteiger partial charge is 0.224 e. The van der Waals surface area contributed by atoms with E-state index in [1.807, 2.05) is 35.2 Å². The molecule has 0 saturated carbocycles. The van der Waals surface area contributed by atoms with E-state index in [1.54, 1.807) is 0 Å². The van der Waals surface area contributed by atoms with Crippen LogP contribution < -0.4 is 5.73 Å². The molecule has 110 valence electrons. The highest BCUT2D eigenvalue weighted by atomic mass is 16.2. The monoisotopic (exact) mass is 274 g/mol. The Kier molecular flexibility index (Phi) is 4.81. The molecule has 3 nitrogen and oxygen atoms in total. The van der Waals surface area contributed by atoms with Gasteiger partial charge in [0.05, 0.1) is 0 Å². The Morgan fingerprint density at radius 1 is 1.30 bits per heavy atom. The molecule has 3 heteroatoms. The highest BCUT2D eigenvalue weighted by molar-refractivity contribution is 5.77. The van der Waals surface area contributed by atoms with Crippen molar-refractivity contribution in [2.24, 2.45) is 17.6 Å². The molecule has 1 saturated heterocycles. The van der Waals surface area contributed by atoms with Gasteiger partial charge in [-0.05, 0) is 30.7 Å². The van der Waals surface area contributed by atoms with Crippen molar-refractivity contribution < 1.29 is 4.79 Å². The zero-order valence-corrected chi connectivity index (χ0v) is 12.8. The summed E-state index contributed by atoms with van der Waals surface area (Å²) >= 11 is 0. The molecule has 0 aliphatic carbocycles. The molecular formula is C17H26N2O. The van der Waals surface area contributed by atoms with E-state index < -0.39 is 0 Å². The van der Waals surface area contributed by atoms with Gasteiger partial charge in [0.15, 0.2) is 0 Å². The van der Waals surface area contributed by atoms with E-state index in [4.69, 9.17) is 5.73 Å². The number of nitrogens with two attached hydrogens (primary N) is 1. The zero-order valence-electron chi connectivity index (χ0n) is 12.8. The van der Waals surface area contributed by atoms with Crippen LogP contribution in [0.2, 0.25) is 0 Å². The molecule has 2 N–H and O–H groups in total. The summed E-state index contributed by atoms with van der Waals surface area (Å²) in [5, 5.41) is 0. The average Bonchev–Trinajstić information content (AvgIpc) is 2.43. The van der Waals surface area contributed by atoms with Gasteiger partial charge in [-0.15, -0.1) is 0 Å². The van der Waals surface area contributed by atoms with Gasteiger partial charge in [-0.25, -0.2) is 0 Å². The molecule has 4 unspecified atom stereocenters. The summed E-state index contributed by atoms with van der Waals surface area (Å²) < 4.78 is 0. The first kappa shape index (κ1) is 15.0. The molecule has 1 heterocycles. The fourth-order valence-corrected chi connectivity index (χ4v) is 3.17. The summed E-state index contributed by atoms with van der Waals surface area (Å²) in [4.78, 5) is 14.6. The number of benzene rings is 1. The number of hydrogen-bond donors (Lipinski definition) is 1. The van der Waals surface area contributed by atoms with Crippen molar-refractivity contribution in [3.05, 3.63) is 35.9 Å². The predicted octanol–water partition coefficient (Wildman–Crippen LogP) is 2.97. The Morgan fingerprint density at radius 3 is 2.60 bits per heavy atom. The molecule has 1 aromatic rings. The molecule has 1 fully saturated rings. The molecule has 1 amide bonds. The van der Waals surface area contributed by atoms with Gasteiger partial charge in [-0.3, -0.25) is 4.79 Å². The van der Waals surface area contributed by atoms with E-state index in [9.17, 15) is 4.79 Å². The number of hydrogen-bond acceptors (Lipinski definition) is 2. The van der Waals surface area contributed by atoms with Crippen molar-refractivity contribution in [1.82, 2.24) is 4.90 Å². The first-order valence-corrected chi connectivity index (χ1v) is 7.59. The molecular weight excluding hydrogens is 248 g/mol. The summed E-state index contributed by atoms with van der Waals surface area (Å²) in [6.45, 7) is 7.48. The van der Waals surface area contributed by atoms with Gasteiger partial charge >= 0.3 is 0 Å². The molecule has 0 aromatic heterocycles. The van der Waals surface area contributed by atoms with Crippen LogP contribution in [0.25, 0.3) is 0 Å². The standard InChI is InChI=1S/C17H26N2O/c1-12-9-13(2)14(3)19(11-12)17(20)10-16(18)15-7-5-4-6-8-15/h4-8,12-14,16H,9-11,18H2,1-3H3. The van der Waals surface area contributed by atoms with Crippen LogP contribution in [0, 0.1) is 11.8 Å². The second-order valence-corrected chi connectivity index (χ2v) is 6.33. The van der Waals surface area contributed by atoms with Crippen LogP contribution in [0.1, 0.15) is 45.2 Å². The average molecular weight is 274 g/mol. The quantitative estimate of drug-likeness (QED) is 0.921. The van der Waals surface area contributed by atoms with E-state index in [1.165, 1.54) is 6.42 Å². The number of carbonyl (C=O) groups is 1. The lowest BCUT2D eigenvalue weighted by molar-refractivity contribution is -0.137. The summed E-state index contributed by atoms with van der Waals surface area (Å²) in [6, 6.07) is 9.99. The Balaban J connectivity index is 2.00. The lowest BCUT2D eigenvalue weighted by Crippen LogP contribution is -2.49. The number of nitrogens with zero attached hydrogens (tertiary/aromatic N) is 1. The minimum atomic E-state index is -0.205. The van der Waals surface area contributed by atoms with Gasteiger partial charge in [0.1, 0.15) is 0 Å². The Labute approximate surface area is 122 Å². The van der Waals surface area contributed by atoms with Crippen molar-refractivity contribution >= 4 is 5.91 Å². The maximum absolute atomic E-state index is 12.5. The maximum atomic E-state index is 12.5. The van der Waals surface area contributed by atoms with Crippen molar-refractivity contribution in [3.63, 3.8) is 0 Å². The van der Waals surface area contributed by atoms with Gasteiger partial charge in [0, 0.05) is 25.0 Å². The fraction of sp³-hybridized carbons (Fsp3) is 0.588. The van der Waals surface area contributed by atoms with Crippen molar-refractivity contribution in [2.75, 3.05) is 6.54 Å². The van der Waals surface area contributed by atoms with Gasteiger partial charge in [-0.2, -0.15) is 0 Å². The third-order valence-electron chi connectivity index (χ3n) is 4.54. The third-order valence-corrected chi connectivity index (χ3v) is 4.54. The second-order valence-electron chi connectivity index (χ2n) is 6.33. The van der Waals surface area contributed by atoms with Crippen LogP contribution >= 0.6 is 0 Å². The van der Waals surface area contributed by atoms with E-state index in [0.717, 1.165) is 12.1 Å². The SMILES string of the molecule is CC1CC(C)C(C)N(C(=O)CC(N)c2ccccc2)C1. The highest BCUT2D eigenvalue weighted by Gasteiger charge is 2.32. The number of carbonyl (C=O) groups excluding carboxylic acids is 1. The molecule has 20 heavy (non-hydrogen) atoms. The Morgan fingerprint density at radius 2 is 1.95 bits per heavy atom. The molecule has 0 spiro atoms. The minimum absolute atomic E-state index is 0.187. The number of piperidine rings is 1. The van der Waals surface area contributed by atoms with Crippen molar-refractivity contribution in [3.8, 4) is 0 Å². The second kappa shape index (κ2) is 6.40. The normalized spacial score (nSPS) is 28.2. The number of rotatable bonds is 3. The van der Waals surface area contributed by atoms with E-state index in [2.05, 4.69) is 20.8 Å². The third kappa shape index (κ3) is 3.40. The zero-order chi connectivity index (χ0) is 14.7. The van der Waals surface area contributed by atoms with Gasteiger partial charge in [0.25, 0.3) is 0 Å². The fourth-order valence-electron chi connectivity index (χ4n) is 3.17. The van der Waals surface area contributed by atoms with Gasteiger partial charge < -0.3 is 10.6 Å². The van der Waals surface area contributed by atoms with Gasteiger partial charge in [0.2, 0.25) is 5.91 Å². The van der Waals surface area contributed by atoms with Crippen molar-refractivity contribution in [1.29, 1.82) is 0 Å². The van der Waals surface area contributed by atoms with E-state index >= 15 is 0 Å². The lowest BCUT2D eigenvalue weighted by atomic mass is 9.85. The van der Waals surface area contributed by atoms with Gasteiger partial charge in [-0.1, -0.05) is 44.2 Å². The van der Waals surface area contributed by atoms with Crippen LogP contribution in [-0.4, -0.2) is 23.4 Å². The van der Waals surface area contributed by atoms with Crippen molar-refractivity contribution in [2.45, 2.75) is 45.7 Å². The molecule has 1 aliphatic rings. The largest absolute Gasteiger partial charge is 0.339 e. The minimum Gasteiger partial charge on any atom is -0.339 e. The van der Waals surface area contributed by atoms with Crippen LogP contribution in [-0.2, 0) is 4.79 Å². The molecule has 0 bridgehead atoms. The number of amides is 1. The first-order valence-electron chi connectivity index (χ1n) is 7.59. The van der Waals surface area contributed by atoms with E-state index in [-0.39, 0.29) is 11.9 Å². The molecule has 1 aliphatic heterocycles. The maximum Gasteiger partial charge on any atom is 0.224 e. The van der Waals surface area contributed by atoms with Crippen LogP contribution in [0.5, 0.6) is 0 Å². The summed E-state index contributed by atoms with van der Waals surface area (Å²) in [6.07, 6.45) is 1.60. The Hall–Kier alpha value is -1.35. The first-order chi connectivity index (χ1) is 9.49. The molecule has 1 aromatic carbocycles. The molecule has 0 radical (unpaired) electrons. The highest BCUT2D eigenvalue weighted by Crippen LogP contribution is 2.28. The van der Waals surface area contributed by atoms with Crippen LogP contribution in [0.15, 0.2) is 30.3 Å². The summed E-state index contributed by atoms with van der Waals surface area (Å²) in [7, 11) is 0. The topological polar surface area (TPSA) is 46.3 Å². The predicted molar refractivity (Wildman–Crippen MR) is 82.1 cm³/mol.